The van der Waals surface area contributed by atoms with Crippen LogP contribution in [0.1, 0.15) is 33.1 Å². The average Bonchev–Trinajstić information content (AvgIpc) is 2.94. The van der Waals surface area contributed by atoms with Crippen molar-refractivity contribution in [3.05, 3.63) is 29.3 Å². The summed E-state index contributed by atoms with van der Waals surface area (Å²) in [7, 11) is 0. The predicted octanol–water partition coefficient (Wildman–Crippen LogP) is 2.86. The number of carbonyl (C=O) groups excluding carboxylic acids is 2. The Balaban J connectivity index is 1.67. The fourth-order valence-electron chi connectivity index (χ4n) is 3.40. The lowest BCUT2D eigenvalue weighted by atomic mass is 9.97. The summed E-state index contributed by atoms with van der Waals surface area (Å²) >= 11 is 6.26. The number of ether oxygens (including phenoxy) is 1. The van der Waals surface area contributed by atoms with E-state index in [2.05, 4.69) is 18.7 Å². The lowest BCUT2D eigenvalue weighted by Crippen LogP contribution is -2.62. The lowest BCUT2D eigenvalue weighted by Gasteiger charge is -2.47. The standard InChI is InChI=1S/C18H23ClN2O3/c1-18(2)12-21(15-6-4-3-5-14(15)19)16(22)11-20(18)10-9-13-7-8-17(23)24-13/h3-6,13H,7-12H2,1-2H3/t13-/m0/s1. The number of halogens is 1. The van der Waals surface area contributed by atoms with Gasteiger partial charge in [-0.05, 0) is 38.8 Å². The maximum atomic E-state index is 12.6. The molecule has 1 atom stereocenters. The van der Waals surface area contributed by atoms with Crippen LogP contribution in [0.4, 0.5) is 5.69 Å². The zero-order valence-electron chi connectivity index (χ0n) is 14.1. The molecule has 0 radical (unpaired) electrons. The Morgan fingerprint density at radius 2 is 2.04 bits per heavy atom. The third-order valence-electron chi connectivity index (χ3n) is 4.86. The Labute approximate surface area is 147 Å². The van der Waals surface area contributed by atoms with Crippen LogP contribution in [0.3, 0.4) is 0 Å². The van der Waals surface area contributed by atoms with Crippen LogP contribution >= 0.6 is 11.6 Å². The van der Waals surface area contributed by atoms with Gasteiger partial charge in [0.1, 0.15) is 6.10 Å². The van der Waals surface area contributed by atoms with Gasteiger partial charge in [0.25, 0.3) is 0 Å². The molecule has 130 valence electrons. The van der Waals surface area contributed by atoms with E-state index in [0.29, 0.717) is 24.5 Å². The van der Waals surface area contributed by atoms with Crippen LogP contribution in [-0.4, -0.2) is 48.1 Å². The van der Waals surface area contributed by atoms with Gasteiger partial charge >= 0.3 is 5.97 Å². The van der Waals surface area contributed by atoms with Gasteiger partial charge < -0.3 is 9.64 Å². The zero-order chi connectivity index (χ0) is 17.3. The monoisotopic (exact) mass is 350 g/mol. The summed E-state index contributed by atoms with van der Waals surface area (Å²) in [4.78, 5) is 27.8. The first kappa shape index (κ1) is 17.2. The second-order valence-electron chi connectivity index (χ2n) is 7.10. The average molecular weight is 351 g/mol. The number of rotatable bonds is 4. The number of benzene rings is 1. The van der Waals surface area contributed by atoms with Gasteiger partial charge in [-0.1, -0.05) is 23.7 Å². The zero-order valence-corrected chi connectivity index (χ0v) is 14.9. The summed E-state index contributed by atoms with van der Waals surface area (Å²) in [5, 5.41) is 0.591. The quantitative estimate of drug-likeness (QED) is 0.783. The normalized spacial score (nSPS) is 24.3. The molecule has 2 aliphatic heterocycles. The first-order valence-corrected chi connectivity index (χ1v) is 8.74. The SMILES string of the molecule is CC1(C)CN(c2ccccc2Cl)C(=O)CN1CC[C@@H]1CCC(=O)O1. The number of para-hydroxylation sites is 1. The molecule has 1 aromatic rings. The van der Waals surface area contributed by atoms with Crippen molar-refractivity contribution in [2.24, 2.45) is 0 Å². The number of hydrogen-bond acceptors (Lipinski definition) is 4. The van der Waals surface area contributed by atoms with E-state index in [4.69, 9.17) is 16.3 Å². The number of nitrogens with zero attached hydrogens (tertiary/aromatic N) is 2. The number of carbonyl (C=O) groups is 2. The molecule has 0 bridgehead atoms. The Morgan fingerprint density at radius 3 is 2.71 bits per heavy atom. The highest BCUT2D eigenvalue weighted by molar-refractivity contribution is 6.33. The highest BCUT2D eigenvalue weighted by Gasteiger charge is 2.39. The maximum absolute atomic E-state index is 12.6. The Bertz CT molecular complexity index is 647. The molecule has 0 aliphatic carbocycles. The maximum Gasteiger partial charge on any atom is 0.306 e. The topological polar surface area (TPSA) is 49.9 Å². The van der Waals surface area contributed by atoms with E-state index in [0.717, 1.165) is 25.1 Å². The Kier molecular flexibility index (Phi) is 4.83. The number of esters is 1. The highest BCUT2D eigenvalue weighted by Crippen LogP contribution is 2.31. The molecular formula is C18H23ClN2O3. The van der Waals surface area contributed by atoms with Crippen LogP contribution in [0.5, 0.6) is 0 Å². The van der Waals surface area contributed by atoms with Crippen molar-refractivity contribution >= 4 is 29.2 Å². The number of amides is 1. The first-order valence-electron chi connectivity index (χ1n) is 8.36. The van der Waals surface area contributed by atoms with Gasteiger partial charge in [-0.3, -0.25) is 14.5 Å². The van der Waals surface area contributed by atoms with Crippen LogP contribution in [0, 0.1) is 0 Å². The van der Waals surface area contributed by atoms with E-state index in [-0.39, 0.29) is 23.5 Å². The summed E-state index contributed by atoms with van der Waals surface area (Å²) in [6.45, 7) is 5.93. The van der Waals surface area contributed by atoms with Gasteiger partial charge in [-0.15, -0.1) is 0 Å². The largest absolute Gasteiger partial charge is 0.462 e. The molecule has 1 aromatic carbocycles. The molecule has 2 aliphatic rings. The lowest BCUT2D eigenvalue weighted by molar-refractivity contribution is -0.142. The molecule has 0 N–H and O–H groups in total. The summed E-state index contributed by atoms with van der Waals surface area (Å²) in [5.41, 5.74) is 0.594. The summed E-state index contributed by atoms with van der Waals surface area (Å²) < 4.78 is 5.28. The summed E-state index contributed by atoms with van der Waals surface area (Å²) in [5.74, 6) is -0.0651. The van der Waals surface area contributed by atoms with E-state index in [1.165, 1.54) is 0 Å². The molecule has 0 aromatic heterocycles. The smallest absolute Gasteiger partial charge is 0.306 e. The predicted molar refractivity (Wildman–Crippen MR) is 93.2 cm³/mol. The fourth-order valence-corrected chi connectivity index (χ4v) is 3.63. The summed E-state index contributed by atoms with van der Waals surface area (Å²) in [6, 6.07) is 7.44. The molecule has 6 heteroatoms. The van der Waals surface area contributed by atoms with Crippen molar-refractivity contribution in [1.29, 1.82) is 0 Å². The van der Waals surface area contributed by atoms with Gasteiger partial charge in [-0.2, -0.15) is 0 Å². The van der Waals surface area contributed by atoms with Crippen molar-refractivity contribution in [1.82, 2.24) is 4.90 Å². The molecular weight excluding hydrogens is 328 g/mol. The third-order valence-corrected chi connectivity index (χ3v) is 5.18. The van der Waals surface area contributed by atoms with Crippen molar-refractivity contribution < 1.29 is 14.3 Å². The molecule has 0 unspecified atom stereocenters. The molecule has 0 spiro atoms. The van der Waals surface area contributed by atoms with E-state index in [1.807, 2.05) is 18.2 Å². The molecule has 0 saturated carbocycles. The van der Waals surface area contributed by atoms with E-state index >= 15 is 0 Å². The van der Waals surface area contributed by atoms with Crippen molar-refractivity contribution in [2.45, 2.75) is 44.8 Å². The molecule has 5 nitrogen and oxygen atoms in total. The number of piperazine rings is 1. The molecule has 24 heavy (non-hydrogen) atoms. The minimum atomic E-state index is -0.171. The molecule has 2 fully saturated rings. The second kappa shape index (κ2) is 6.73. The second-order valence-corrected chi connectivity index (χ2v) is 7.51. The number of cyclic esters (lactones) is 1. The number of anilines is 1. The Morgan fingerprint density at radius 1 is 1.29 bits per heavy atom. The van der Waals surface area contributed by atoms with Gasteiger partial charge in [0.2, 0.25) is 5.91 Å². The highest BCUT2D eigenvalue weighted by atomic mass is 35.5. The minimum Gasteiger partial charge on any atom is -0.462 e. The van der Waals surface area contributed by atoms with Crippen molar-refractivity contribution in [3.8, 4) is 0 Å². The fraction of sp³-hybridized carbons (Fsp3) is 0.556. The van der Waals surface area contributed by atoms with Crippen LogP contribution < -0.4 is 4.90 Å². The third kappa shape index (κ3) is 3.57. The van der Waals surface area contributed by atoms with Gasteiger partial charge in [0, 0.05) is 25.0 Å². The van der Waals surface area contributed by atoms with Crippen LogP contribution in [-0.2, 0) is 14.3 Å². The van der Waals surface area contributed by atoms with Gasteiger partial charge in [-0.25, -0.2) is 0 Å². The molecule has 2 heterocycles. The molecule has 2 saturated heterocycles. The summed E-state index contributed by atoms with van der Waals surface area (Å²) in [6.07, 6.45) is 2.05. The van der Waals surface area contributed by atoms with Crippen LogP contribution in [0.25, 0.3) is 0 Å². The van der Waals surface area contributed by atoms with E-state index in [9.17, 15) is 9.59 Å². The van der Waals surface area contributed by atoms with Gasteiger partial charge in [0.15, 0.2) is 0 Å². The first-order chi connectivity index (χ1) is 11.4. The number of hydrogen-bond donors (Lipinski definition) is 0. The van der Waals surface area contributed by atoms with E-state index < -0.39 is 0 Å². The molecule has 1 amide bonds. The van der Waals surface area contributed by atoms with E-state index in [1.54, 1.807) is 11.0 Å². The minimum absolute atomic E-state index is 0.00926. The van der Waals surface area contributed by atoms with Crippen LogP contribution in [0.2, 0.25) is 5.02 Å². The van der Waals surface area contributed by atoms with Crippen molar-refractivity contribution in [3.63, 3.8) is 0 Å². The Hall–Kier alpha value is -1.59. The van der Waals surface area contributed by atoms with Gasteiger partial charge in [0.05, 0.1) is 17.3 Å². The van der Waals surface area contributed by atoms with Crippen LogP contribution in [0.15, 0.2) is 24.3 Å². The molecule has 3 rings (SSSR count). The van der Waals surface area contributed by atoms with Crippen molar-refractivity contribution in [2.75, 3.05) is 24.5 Å².